The van der Waals surface area contributed by atoms with Crippen molar-refractivity contribution in [2.45, 2.75) is 0 Å². The lowest BCUT2D eigenvalue weighted by Crippen LogP contribution is -2.50. The number of rotatable bonds is 4. The number of carbonyl (C=O) groups is 2. The van der Waals surface area contributed by atoms with E-state index in [1.165, 1.54) is 14.2 Å². The van der Waals surface area contributed by atoms with E-state index in [-0.39, 0.29) is 11.8 Å². The second-order valence-electron chi connectivity index (χ2n) is 6.76. The van der Waals surface area contributed by atoms with E-state index in [1.807, 2.05) is 12.1 Å². The highest BCUT2D eigenvalue weighted by Gasteiger charge is 2.29. The van der Waals surface area contributed by atoms with Crippen molar-refractivity contribution in [2.24, 2.45) is 0 Å². The quantitative estimate of drug-likeness (QED) is 0.733. The minimum Gasteiger partial charge on any atom is -0.496 e. The number of aromatic amines is 1. The molecule has 1 saturated heterocycles. The van der Waals surface area contributed by atoms with Crippen LogP contribution in [0.5, 0.6) is 11.5 Å². The molecule has 29 heavy (non-hydrogen) atoms. The minimum atomic E-state index is -0.162. The number of ether oxygens (including phenoxy) is 2. The molecule has 150 valence electrons. The number of methoxy groups -OCH3 is 2. The van der Waals surface area contributed by atoms with Gasteiger partial charge >= 0.3 is 0 Å². The number of nitrogens with one attached hydrogen (secondary N) is 1. The first-order valence-electron chi connectivity index (χ1n) is 9.35. The molecule has 0 spiro atoms. The van der Waals surface area contributed by atoms with Gasteiger partial charge in [0, 0.05) is 31.7 Å². The van der Waals surface area contributed by atoms with Gasteiger partial charge < -0.3 is 24.3 Å². The van der Waals surface area contributed by atoms with Crippen molar-refractivity contribution in [3.63, 3.8) is 0 Å². The predicted octanol–water partition coefficient (Wildman–Crippen LogP) is 2.18. The molecule has 2 heterocycles. The molecular weight excluding hydrogens is 372 g/mol. The Balaban J connectivity index is 1.46. The number of imidazole rings is 1. The Kier molecular flexibility index (Phi) is 5.07. The van der Waals surface area contributed by atoms with Crippen LogP contribution < -0.4 is 9.47 Å². The van der Waals surface area contributed by atoms with Gasteiger partial charge in [-0.3, -0.25) is 9.59 Å². The van der Waals surface area contributed by atoms with Gasteiger partial charge in [0.05, 0.1) is 31.6 Å². The van der Waals surface area contributed by atoms with E-state index in [0.29, 0.717) is 48.8 Å². The molecule has 0 saturated carbocycles. The lowest BCUT2D eigenvalue weighted by Gasteiger charge is -2.35. The smallest absolute Gasteiger partial charge is 0.261 e. The van der Waals surface area contributed by atoms with E-state index in [2.05, 4.69) is 9.97 Å². The van der Waals surface area contributed by atoms with Gasteiger partial charge in [-0.1, -0.05) is 6.07 Å². The van der Waals surface area contributed by atoms with Gasteiger partial charge in [-0.05, 0) is 30.3 Å². The van der Waals surface area contributed by atoms with Gasteiger partial charge in [0.15, 0.2) is 0 Å². The Bertz CT molecular complexity index is 1030. The predicted molar refractivity (Wildman–Crippen MR) is 107 cm³/mol. The number of hydrogen-bond acceptors (Lipinski definition) is 5. The Hall–Kier alpha value is -3.55. The Morgan fingerprint density at radius 2 is 1.55 bits per heavy atom. The average molecular weight is 394 g/mol. The van der Waals surface area contributed by atoms with Crippen molar-refractivity contribution in [2.75, 3.05) is 40.4 Å². The van der Waals surface area contributed by atoms with Crippen molar-refractivity contribution in [1.82, 2.24) is 19.8 Å². The summed E-state index contributed by atoms with van der Waals surface area (Å²) in [6.45, 7) is 1.81. The highest BCUT2D eigenvalue weighted by molar-refractivity contribution is 6.00. The molecule has 3 aromatic rings. The Morgan fingerprint density at radius 1 is 0.931 bits per heavy atom. The van der Waals surface area contributed by atoms with Crippen LogP contribution in [0.25, 0.3) is 11.0 Å². The third-order valence-electron chi connectivity index (χ3n) is 5.16. The highest BCUT2D eigenvalue weighted by Crippen LogP contribution is 2.30. The first-order valence-corrected chi connectivity index (χ1v) is 9.35. The van der Waals surface area contributed by atoms with E-state index in [4.69, 9.17) is 9.47 Å². The number of aromatic nitrogens is 2. The summed E-state index contributed by atoms with van der Waals surface area (Å²) in [6, 6.07) is 10.7. The Labute approximate surface area is 168 Å². The van der Waals surface area contributed by atoms with Gasteiger partial charge in [0.25, 0.3) is 11.8 Å². The van der Waals surface area contributed by atoms with Crippen LogP contribution >= 0.6 is 0 Å². The van der Waals surface area contributed by atoms with E-state index in [0.717, 1.165) is 11.0 Å². The van der Waals surface area contributed by atoms with Crippen molar-refractivity contribution in [1.29, 1.82) is 0 Å². The maximum absolute atomic E-state index is 13.1. The molecule has 1 N–H and O–H groups in total. The molecule has 1 aromatic heterocycles. The van der Waals surface area contributed by atoms with Crippen LogP contribution in [0.2, 0.25) is 0 Å². The maximum atomic E-state index is 13.1. The topological polar surface area (TPSA) is 87.8 Å². The van der Waals surface area contributed by atoms with Crippen LogP contribution in [0, 0.1) is 0 Å². The van der Waals surface area contributed by atoms with Gasteiger partial charge in [0.1, 0.15) is 17.1 Å². The molecule has 2 aromatic carbocycles. The molecule has 1 fully saturated rings. The fourth-order valence-corrected chi connectivity index (χ4v) is 3.58. The van der Waals surface area contributed by atoms with Gasteiger partial charge in [-0.15, -0.1) is 0 Å². The maximum Gasteiger partial charge on any atom is 0.261 e. The number of amides is 2. The number of fused-ring (bicyclic) bond motifs is 1. The van der Waals surface area contributed by atoms with Crippen molar-refractivity contribution < 1.29 is 19.1 Å². The summed E-state index contributed by atoms with van der Waals surface area (Å²) in [5.41, 5.74) is 2.66. The summed E-state index contributed by atoms with van der Waals surface area (Å²) in [7, 11) is 3.05. The summed E-state index contributed by atoms with van der Waals surface area (Å²) in [4.78, 5) is 36.6. The lowest BCUT2D eigenvalue weighted by atomic mass is 10.1. The second kappa shape index (κ2) is 7.83. The third-order valence-corrected chi connectivity index (χ3v) is 5.16. The van der Waals surface area contributed by atoms with Gasteiger partial charge in [-0.25, -0.2) is 4.98 Å². The van der Waals surface area contributed by atoms with Crippen LogP contribution in [0.15, 0.2) is 42.7 Å². The molecule has 0 unspecified atom stereocenters. The fraction of sp³-hybridized carbons (Fsp3) is 0.286. The molecule has 4 rings (SSSR count). The zero-order valence-corrected chi connectivity index (χ0v) is 16.3. The van der Waals surface area contributed by atoms with Crippen LogP contribution in [-0.4, -0.2) is 72.0 Å². The molecule has 8 nitrogen and oxygen atoms in total. The SMILES string of the molecule is COc1cccc(OC)c1C(=O)N1CCN(C(=O)c2ccc3nc[nH]c3c2)CC1. The lowest BCUT2D eigenvalue weighted by molar-refractivity contribution is 0.0531. The number of nitrogens with zero attached hydrogens (tertiary/aromatic N) is 3. The number of H-pyrrole nitrogens is 1. The van der Waals surface area contributed by atoms with Gasteiger partial charge in [-0.2, -0.15) is 0 Å². The minimum absolute atomic E-state index is 0.0523. The molecule has 1 aliphatic heterocycles. The Morgan fingerprint density at radius 3 is 2.17 bits per heavy atom. The number of hydrogen-bond donors (Lipinski definition) is 1. The van der Waals surface area contributed by atoms with E-state index >= 15 is 0 Å². The van der Waals surface area contributed by atoms with Crippen LogP contribution in [0.1, 0.15) is 20.7 Å². The summed E-state index contributed by atoms with van der Waals surface area (Å²) in [5, 5.41) is 0. The van der Waals surface area contributed by atoms with E-state index < -0.39 is 0 Å². The monoisotopic (exact) mass is 394 g/mol. The molecule has 0 radical (unpaired) electrons. The largest absolute Gasteiger partial charge is 0.496 e. The molecule has 8 heteroatoms. The molecule has 0 bridgehead atoms. The molecule has 0 aliphatic carbocycles. The van der Waals surface area contributed by atoms with Gasteiger partial charge in [0.2, 0.25) is 0 Å². The summed E-state index contributed by atoms with van der Waals surface area (Å²) in [6.07, 6.45) is 1.61. The second-order valence-corrected chi connectivity index (χ2v) is 6.76. The van der Waals surface area contributed by atoms with Crippen LogP contribution in [-0.2, 0) is 0 Å². The summed E-state index contributed by atoms with van der Waals surface area (Å²) >= 11 is 0. The first kappa shape index (κ1) is 18.8. The third kappa shape index (κ3) is 3.49. The molecule has 0 atom stereocenters. The summed E-state index contributed by atoms with van der Waals surface area (Å²) in [5.74, 6) is 0.732. The molecule has 2 amide bonds. The zero-order chi connectivity index (χ0) is 20.4. The standard InChI is InChI=1S/C21H22N4O4/c1-28-17-4-3-5-18(29-2)19(17)21(27)25-10-8-24(9-11-25)20(26)14-6-7-15-16(12-14)23-13-22-15/h3-7,12-13H,8-11H2,1-2H3,(H,22,23). The van der Waals surface area contributed by atoms with Crippen molar-refractivity contribution in [3.8, 4) is 11.5 Å². The zero-order valence-electron chi connectivity index (χ0n) is 16.3. The summed E-state index contributed by atoms with van der Waals surface area (Å²) < 4.78 is 10.7. The number of piperazine rings is 1. The van der Waals surface area contributed by atoms with Crippen LogP contribution in [0.3, 0.4) is 0 Å². The van der Waals surface area contributed by atoms with E-state index in [1.54, 1.807) is 40.4 Å². The van der Waals surface area contributed by atoms with E-state index in [9.17, 15) is 9.59 Å². The number of benzene rings is 2. The van der Waals surface area contributed by atoms with Crippen molar-refractivity contribution in [3.05, 3.63) is 53.9 Å². The normalized spacial score (nSPS) is 14.1. The molecule has 1 aliphatic rings. The average Bonchev–Trinajstić information content (AvgIpc) is 3.25. The number of carbonyl (C=O) groups excluding carboxylic acids is 2. The molecular formula is C21H22N4O4. The van der Waals surface area contributed by atoms with Crippen LogP contribution in [0.4, 0.5) is 0 Å². The van der Waals surface area contributed by atoms with Crippen molar-refractivity contribution >= 4 is 22.8 Å². The highest BCUT2D eigenvalue weighted by atomic mass is 16.5. The fourth-order valence-electron chi connectivity index (χ4n) is 3.58. The first-order chi connectivity index (χ1) is 14.1.